The van der Waals surface area contributed by atoms with Gasteiger partial charge in [0.2, 0.25) is 0 Å². The fraction of sp³-hybridized carbons (Fsp3) is 0.353. The van der Waals surface area contributed by atoms with E-state index in [1.807, 2.05) is 31.2 Å². The second-order valence-corrected chi connectivity index (χ2v) is 5.78. The number of carbonyl (C=O) groups is 1. The summed E-state index contributed by atoms with van der Waals surface area (Å²) in [7, 11) is 0. The highest BCUT2D eigenvalue weighted by atomic mass is 16.5. The number of rotatable bonds is 3. The lowest BCUT2D eigenvalue weighted by atomic mass is 9.78. The standard InChI is InChI=1S/C17H19NO2/c1-17(11-20-10-15(17)18)16(19)9-13-7-4-6-12-5-2-3-8-14(12)13/h2-8,15H,9-11,18H2,1H3. The highest BCUT2D eigenvalue weighted by Gasteiger charge is 2.43. The van der Waals surface area contributed by atoms with Crippen molar-refractivity contribution in [2.24, 2.45) is 11.1 Å². The van der Waals surface area contributed by atoms with Crippen LogP contribution in [0.2, 0.25) is 0 Å². The molecule has 2 N–H and O–H groups in total. The Hall–Kier alpha value is -1.71. The Morgan fingerprint density at radius 2 is 2.05 bits per heavy atom. The summed E-state index contributed by atoms with van der Waals surface area (Å²) < 4.78 is 5.37. The first kappa shape index (κ1) is 13.3. The predicted octanol–water partition coefficient (Wildman–Crippen LogP) is 2.32. The molecule has 0 aromatic heterocycles. The molecule has 104 valence electrons. The van der Waals surface area contributed by atoms with E-state index in [9.17, 15) is 4.79 Å². The van der Waals surface area contributed by atoms with Gasteiger partial charge in [0.15, 0.2) is 0 Å². The van der Waals surface area contributed by atoms with Crippen molar-refractivity contribution < 1.29 is 9.53 Å². The Kier molecular flexibility index (Phi) is 3.32. The maximum absolute atomic E-state index is 12.6. The number of ketones is 1. The first-order valence-electron chi connectivity index (χ1n) is 6.94. The lowest BCUT2D eigenvalue weighted by Crippen LogP contribution is -2.45. The summed E-state index contributed by atoms with van der Waals surface area (Å²) in [5.74, 6) is 0.166. The first-order valence-corrected chi connectivity index (χ1v) is 6.94. The van der Waals surface area contributed by atoms with Crippen LogP contribution in [0.1, 0.15) is 12.5 Å². The number of carbonyl (C=O) groups excluding carboxylic acids is 1. The van der Waals surface area contributed by atoms with Crippen molar-refractivity contribution in [3.05, 3.63) is 48.0 Å². The van der Waals surface area contributed by atoms with Crippen LogP contribution in [0, 0.1) is 5.41 Å². The van der Waals surface area contributed by atoms with Crippen LogP contribution in [0.25, 0.3) is 10.8 Å². The Morgan fingerprint density at radius 3 is 2.80 bits per heavy atom. The molecule has 2 aromatic carbocycles. The van der Waals surface area contributed by atoms with Gasteiger partial charge in [-0.05, 0) is 23.3 Å². The molecule has 2 atom stereocenters. The highest BCUT2D eigenvalue weighted by Crippen LogP contribution is 2.30. The van der Waals surface area contributed by atoms with Crippen LogP contribution in [0.15, 0.2) is 42.5 Å². The third kappa shape index (κ3) is 2.13. The molecular formula is C17H19NO2. The third-order valence-electron chi connectivity index (χ3n) is 4.39. The Morgan fingerprint density at radius 1 is 1.30 bits per heavy atom. The maximum atomic E-state index is 12.6. The minimum atomic E-state index is -0.559. The Balaban J connectivity index is 1.92. The van der Waals surface area contributed by atoms with Crippen molar-refractivity contribution in [2.75, 3.05) is 13.2 Å². The molecule has 3 rings (SSSR count). The monoisotopic (exact) mass is 269 g/mol. The molecule has 1 fully saturated rings. The number of benzene rings is 2. The summed E-state index contributed by atoms with van der Waals surface area (Å²) in [6.45, 7) is 2.81. The van der Waals surface area contributed by atoms with E-state index in [1.54, 1.807) is 0 Å². The highest BCUT2D eigenvalue weighted by molar-refractivity contribution is 5.93. The first-order chi connectivity index (χ1) is 9.61. The van der Waals surface area contributed by atoms with Gasteiger partial charge in [-0.25, -0.2) is 0 Å². The van der Waals surface area contributed by atoms with Crippen LogP contribution < -0.4 is 5.73 Å². The fourth-order valence-corrected chi connectivity index (χ4v) is 2.80. The van der Waals surface area contributed by atoms with Gasteiger partial charge in [-0.3, -0.25) is 4.79 Å². The van der Waals surface area contributed by atoms with Crippen molar-refractivity contribution >= 4 is 16.6 Å². The summed E-state index contributed by atoms with van der Waals surface area (Å²) in [4.78, 5) is 12.6. The number of fused-ring (bicyclic) bond motifs is 1. The summed E-state index contributed by atoms with van der Waals surface area (Å²) in [6, 6.07) is 14.0. The van der Waals surface area contributed by atoms with Gasteiger partial charge in [0, 0.05) is 12.5 Å². The van der Waals surface area contributed by atoms with E-state index in [2.05, 4.69) is 18.2 Å². The normalized spacial score (nSPS) is 26.0. The topological polar surface area (TPSA) is 52.3 Å². The summed E-state index contributed by atoms with van der Waals surface area (Å²) in [5.41, 5.74) is 6.54. The van der Waals surface area contributed by atoms with Crippen LogP contribution in [-0.2, 0) is 16.0 Å². The third-order valence-corrected chi connectivity index (χ3v) is 4.39. The van der Waals surface area contributed by atoms with Crippen LogP contribution in [0.3, 0.4) is 0 Å². The fourth-order valence-electron chi connectivity index (χ4n) is 2.80. The summed E-state index contributed by atoms with van der Waals surface area (Å²) in [5, 5.41) is 2.30. The SMILES string of the molecule is CC1(C(=O)Cc2cccc3ccccc23)COCC1N. The van der Waals surface area contributed by atoms with Crippen LogP contribution in [-0.4, -0.2) is 25.0 Å². The molecule has 1 heterocycles. The number of hydrogen-bond acceptors (Lipinski definition) is 3. The van der Waals surface area contributed by atoms with Crippen molar-refractivity contribution in [1.82, 2.24) is 0 Å². The second-order valence-electron chi connectivity index (χ2n) is 5.78. The molecule has 1 saturated heterocycles. The molecular weight excluding hydrogens is 250 g/mol. The molecule has 2 aromatic rings. The zero-order valence-electron chi connectivity index (χ0n) is 11.6. The molecule has 0 aliphatic carbocycles. The second kappa shape index (κ2) is 5.00. The number of nitrogens with two attached hydrogens (primary N) is 1. The molecule has 1 aliphatic heterocycles. The van der Waals surface area contributed by atoms with E-state index in [0.29, 0.717) is 19.6 Å². The minimum absolute atomic E-state index is 0.166. The van der Waals surface area contributed by atoms with Crippen LogP contribution >= 0.6 is 0 Å². The average molecular weight is 269 g/mol. The molecule has 0 spiro atoms. The summed E-state index contributed by atoms with van der Waals surface area (Å²) in [6.07, 6.45) is 0.412. The van der Waals surface area contributed by atoms with Gasteiger partial charge >= 0.3 is 0 Å². The van der Waals surface area contributed by atoms with E-state index in [4.69, 9.17) is 10.5 Å². The van der Waals surface area contributed by atoms with E-state index < -0.39 is 5.41 Å². The molecule has 0 bridgehead atoms. The maximum Gasteiger partial charge on any atom is 0.147 e. The zero-order valence-corrected chi connectivity index (χ0v) is 11.6. The van der Waals surface area contributed by atoms with Gasteiger partial charge in [-0.1, -0.05) is 42.5 Å². The number of Topliss-reactive ketones (excluding diaryl/α,β-unsaturated/α-hetero) is 1. The average Bonchev–Trinajstić information content (AvgIpc) is 2.80. The van der Waals surface area contributed by atoms with E-state index in [1.165, 1.54) is 0 Å². The van der Waals surface area contributed by atoms with Crippen molar-refractivity contribution in [3.8, 4) is 0 Å². The van der Waals surface area contributed by atoms with Gasteiger partial charge in [0.25, 0.3) is 0 Å². The largest absolute Gasteiger partial charge is 0.379 e. The predicted molar refractivity (Wildman–Crippen MR) is 79.6 cm³/mol. The molecule has 0 amide bonds. The van der Waals surface area contributed by atoms with E-state index >= 15 is 0 Å². The van der Waals surface area contributed by atoms with Crippen molar-refractivity contribution in [3.63, 3.8) is 0 Å². The van der Waals surface area contributed by atoms with Gasteiger partial charge in [0.05, 0.1) is 18.6 Å². The summed E-state index contributed by atoms with van der Waals surface area (Å²) >= 11 is 0. The minimum Gasteiger partial charge on any atom is -0.379 e. The molecule has 1 aliphatic rings. The van der Waals surface area contributed by atoms with Crippen molar-refractivity contribution in [2.45, 2.75) is 19.4 Å². The van der Waals surface area contributed by atoms with Crippen molar-refractivity contribution in [1.29, 1.82) is 0 Å². The molecule has 0 saturated carbocycles. The van der Waals surface area contributed by atoms with E-state index in [-0.39, 0.29) is 11.8 Å². The molecule has 3 heteroatoms. The van der Waals surface area contributed by atoms with Gasteiger partial charge in [-0.2, -0.15) is 0 Å². The quantitative estimate of drug-likeness (QED) is 0.930. The molecule has 0 radical (unpaired) electrons. The molecule has 2 unspecified atom stereocenters. The zero-order chi connectivity index (χ0) is 14.2. The van der Waals surface area contributed by atoms with Gasteiger partial charge < -0.3 is 10.5 Å². The molecule has 3 nitrogen and oxygen atoms in total. The van der Waals surface area contributed by atoms with Crippen LogP contribution in [0.5, 0.6) is 0 Å². The smallest absolute Gasteiger partial charge is 0.147 e. The Bertz CT molecular complexity index is 647. The number of hydrogen-bond donors (Lipinski definition) is 1. The van der Waals surface area contributed by atoms with Crippen LogP contribution in [0.4, 0.5) is 0 Å². The van der Waals surface area contributed by atoms with Gasteiger partial charge in [0.1, 0.15) is 5.78 Å². The number of ether oxygens (including phenoxy) is 1. The lowest BCUT2D eigenvalue weighted by molar-refractivity contribution is -0.127. The van der Waals surface area contributed by atoms with E-state index in [0.717, 1.165) is 16.3 Å². The Labute approximate surface area is 118 Å². The molecule has 20 heavy (non-hydrogen) atoms. The lowest BCUT2D eigenvalue weighted by Gasteiger charge is -2.25. The van der Waals surface area contributed by atoms with Gasteiger partial charge in [-0.15, -0.1) is 0 Å².